The number of rotatable bonds is 6. The smallest absolute Gasteiger partial charge is 0.387 e. The molecule has 0 aliphatic heterocycles. The lowest BCUT2D eigenvalue weighted by molar-refractivity contribution is -0.0498. The van der Waals surface area contributed by atoms with Gasteiger partial charge in [-0.15, -0.1) is 0 Å². The van der Waals surface area contributed by atoms with E-state index in [1.54, 1.807) is 24.3 Å². The Balaban J connectivity index is 1.61. The van der Waals surface area contributed by atoms with Crippen molar-refractivity contribution in [3.63, 3.8) is 0 Å². The topological polar surface area (TPSA) is 74.5 Å². The van der Waals surface area contributed by atoms with Gasteiger partial charge in [-0.1, -0.05) is 28.9 Å². The van der Waals surface area contributed by atoms with Gasteiger partial charge in [-0.2, -0.15) is 13.8 Å². The van der Waals surface area contributed by atoms with Gasteiger partial charge in [0.25, 0.3) is 5.89 Å². The van der Waals surface area contributed by atoms with E-state index in [-0.39, 0.29) is 29.6 Å². The number of carbonyl (C=O) groups is 1. The highest BCUT2D eigenvalue weighted by Gasteiger charge is 2.14. The van der Waals surface area contributed by atoms with Crippen molar-refractivity contribution in [2.24, 2.45) is 0 Å². The molecule has 0 bridgehead atoms. The number of nitrogens with zero attached hydrogens (tertiary/aromatic N) is 2. The van der Waals surface area contributed by atoms with E-state index in [0.29, 0.717) is 10.6 Å². The Bertz CT molecular complexity index is 900. The van der Waals surface area contributed by atoms with Crippen LogP contribution in [-0.4, -0.2) is 22.7 Å². The van der Waals surface area contributed by atoms with Crippen LogP contribution < -0.4 is 4.74 Å². The summed E-state index contributed by atoms with van der Waals surface area (Å²) < 4.78 is 38.5. The second kappa shape index (κ2) is 7.92. The Morgan fingerprint density at radius 3 is 2.58 bits per heavy atom. The largest absolute Gasteiger partial charge is 0.452 e. The van der Waals surface area contributed by atoms with Crippen molar-refractivity contribution in [2.45, 2.75) is 13.2 Å². The molecule has 0 aliphatic carbocycles. The molecule has 0 radical (unpaired) electrons. The van der Waals surface area contributed by atoms with Gasteiger partial charge in [0.15, 0.2) is 6.61 Å². The molecule has 0 amide bonds. The molecule has 0 spiro atoms. The van der Waals surface area contributed by atoms with Crippen molar-refractivity contribution in [1.82, 2.24) is 10.1 Å². The maximum Gasteiger partial charge on any atom is 0.387 e. The van der Waals surface area contributed by atoms with Crippen LogP contribution in [-0.2, 0) is 11.3 Å². The number of benzene rings is 2. The Morgan fingerprint density at radius 2 is 1.88 bits per heavy atom. The van der Waals surface area contributed by atoms with Crippen LogP contribution in [0, 0.1) is 0 Å². The Morgan fingerprint density at radius 1 is 1.15 bits per heavy atom. The molecular weight excluding hydrogens is 370 g/mol. The zero-order valence-corrected chi connectivity index (χ0v) is 13.8. The van der Waals surface area contributed by atoms with Crippen molar-refractivity contribution >= 4 is 17.6 Å². The van der Waals surface area contributed by atoms with Gasteiger partial charge in [-0.25, -0.2) is 4.79 Å². The van der Waals surface area contributed by atoms with Crippen molar-refractivity contribution in [2.75, 3.05) is 0 Å². The first-order chi connectivity index (χ1) is 12.5. The van der Waals surface area contributed by atoms with Crippen LogP contribution in [0.3, 0.4) is 0 Å². The van der Waals surface area contributed by atoms with E-state index in [1.807, 2.05) is 0 Å². The number of ether oxygens (including phenoxy) is 2. The van der Waals surface area contributed by atoms with E-state index in [9.17, 15) is 13.6 Å². The molecular formula is C17H11ClF2N2O4. The molecule has 3 aromatic rings. The highest BCUT2D eigenvalue weighted by Crippen LogP contribution is 2.25. The minimum atomic E-state index is -2.93. The summed E-state index contributed by atoms with van der Waals surface area (Å²) in [6.07, 6.45) is 0. The quantitative estimate of drug-likeness (QED) is 0.592. The number of alkyl halides is 2. The summed E-state index contributed by atoms with van der Waals surface area (Å²) in [5, 5.41) is 4.25. The summed E-state index contributed by atoms with van der Waals surface area (Å²) in [6, 6.07) is 12.1. The fourth-order valence-electron chi connectivity index (χ4n) is 2.05. The lowest BCUT2D eigenvalue weighted by Crippen LogP contribution is -2.06. The second-order valence-electron chi connectivity index (χ2n) is 4.97. The van der Waals surface area contributed by atoms with Gasteiger partial charge in [0.05, 0.1) is 10.6 Å². The Hall–Kier alpha value is -3.00. The predicted molar refractivity (Wildman–Crippen MR) is 86.9 cm³/mol. The fraction of sp³-hybridized carbons (Fsp3) is 0.118. The maximum absolute atomic E-state index is 12.1. The SMILES string of the molecule is O=C(OCc1nc(-c2ccccc2Cl)no1)c1ccc(OC(F)F)cc1. The highest BCUT2D eigenvalue weighted by molar-refractivity contribution is 6.33. The van der Waals surface area contributed by atoms with Gasteiger partial charge in [0, 0.05) is 5.56 Å². The average Bonchev–Trinajstić information content (AvgIpc) is 3.09. The van der Waals surface area contributed by atoms with Crippen LogP contribution in [0.2, 0.25) is 5.02 Å². The van der Waals surface area contributed by atoms with E-state index in [1.165, 1.54) is 24.3 Å². The van der Waals surface area contributed by atoms with Crippen molar-refractivity contribution < 1.29 is 27.6 Å². The van der Waals surface area contributed by atoms with Crippen LogP contribution >= 0.6 is 11.6 Å². The first-order valence-corrected chi connectivity index (χ1v) is 7.70. The average molecular weight is 381 g/mol. The molecule has 0 unspecified atom stereocenters. The molecule has 134 valence electrons. The third-order valence-electron chi connectivity index (χ3n) is 3.22. The number of carbonyl (C=O) groups excluding carboxylic acids is 1. The molecule has 0 fully saturated rings. The molecule has 0 N–H and O–H groups in total. The maximum atomic E-state index is 12.1. The predicted octanol–water partition coefficient (Wildman–Crippen LogP) is 4.35. The van der Waals surface area contributed by atoms with E-state index < -0.39 is 12.6 Å². The van der Waals surface area contributed by atoms with E-state index >= 15 is 0 Å². The molecule has 3 rings (SSSR count). The van der Waals surface area contributed by atoms with Crippen molar-refractivity contribution in [1.29, 1.82) is 0 Å². The number of esters is 1. The van der Waals surface area contributed by atoms with Gasteiger partial charge in [-0.05, 0) is 36.4 Å². The fourth-order valence-corrected chi connectivity index (χ4v) is 2.27. The van der Waals surface area contributed by atoms with Crippen LogP contribution in [0.4, 0.5) is 8.78 Å². The molecule has 1 heterocycles. The monoisotopic (exact) mass is 380 g/mol. The molecule has 0 atom stereocenters. The third kappa shape index (κ3) is 4.34. The summed E-state index contributed by atoms with van der Waals surface area (Å²) in [5.74, 6) is -0.370. The lowest BCUT2D eigenvalue weighted by atomic mass is 10.2. The minimum Gasteiger partial charge on any atom is -0.452 e. The van der Waals surface area contributed by atoms with Crippen LogP contribution in [0.5, 0.6) is 5.75 Å². The van der Waals surface area contributed by atoms with E-state index in [0.717, 1.165) is 0 Å². The molecule has 26 heavy (non-hydrogen) atoms. The van der Waals surface area contributed by atoms with Crippen LogP contribution in [0.1, 0.15) is 16.2 Å². The van der Waals surface area contributed by atoms with E-state index in [4.69, 9.17) is 20.9 Å². The normalized spacial score (nSPS) is 10.8. The molecule has 0 saturated carbocycles. The van der Waals surface area contributed by atoms with Gasteiger partial charge >= 0.3 is 12.6 Å². The molecule has 6 nitrogen and oxygen atoms in total. The molecule has 0 aliphatic rings. The summed E-state index contributed by atoms with van der Waals surface area (Å²) in [7, 11) is 0. The van der Waals surface area contributed by atoms with Gasteiger partial charge < -0.3 is 14.0 Å². The zero-order valence-electron chi connectivity index (χ0n) is 13.1. The first-order valence-electron chi connectivity index (χ1n) is 7.32. The van der Waals surface area contributed by atoms with Gasteiger partial charge in [-0.3, -0.25) is 0 Å². The van der Waals surface area contributed by atoms with Crippen molar-refractivity contribution in [3.05, 3.63) is 65.0 Å². The van der Waals surface area contributed by atoms with Crippen LogP contribution in [0.15, 0.2) is 53.1 Å². The summed E-state index contributed by atoms with van der Waals surface area (Å²) in [5.41, 5.74) is 0.752. The van der Waals surface area contributed by atoms with Gasteiger partial charge in [0.2, 0.25) is 5.82 Å². The van der Waals surface area contributed by atoms with Crippen LogP contribution in [0.25, 0.3) is 11.4 Å². The van der Waals surface area contributed by atoms with E-state index in [2.05, 4.69) is 14.9 Å². The number of aromatic nitrogens is 2. The standard InChI is InChI=1S/C17H11ClF2N2O4/c18-13-4-2-1-3-12(13)15-21-14(26-22-15)9-24-16(23)10-5-7-11(8-6-10)25-17(19)20/h1-8,17H,9H2. The highest BCUT2D eigenvalue weighted by atomic mass is 35.5. The van der Waals surface area contributed by atoms with Crippen molar-refractivity contribution in [3.8, 4) is 17.1 Å². The summed E-state index contributed by atoms with van der Waals surface area (Å²) in [6.45, 7) is -3.18. The number of halogens is 3. The number of hydrogen-bond acceptors (Lipinski definition) is 6. The minimum absolute atomic E-state index is 0.0576. The number of hydrogen-bond donors (Lipinski definition) is 0. The molecule has 2 aromatic carbocycles. The molecule has 0 saturated heterocycles. The molecule has 9 heteroatoms. The third-order valence-corrected chi connectivity index (χ3v) is 3.55. The lowest BCUT2D eigenvalue weighted by Gasteiger charge is -2.05. The summed E-state index contributed by atoms with van der Waals surface area (Å²) >= 11 is 6.06. The molecule has 1 aromatic heterocycles. The first kappa shape index (κ1) is 17.8. The van der Waals surface area contributed by atoms with Gasteiger partial charge in [0.1, 0.15) is 5.75 Å². The zero-order chi connectivity index (χ0) is 18.5. The summed E-state index contributed by atoms with van der Waals surface area (Å²) in [4.78, 5) is 16.1. The second-order valence-corrected chi connectivity index (χ2v) is 5.38. The Labute approximate surface area is 151 Å². The Kier molecular flexibility index (Phi) is 5.43.